The Morgan fingerprint density at radius 3 is 2.52 bits per heavy atom. The van der Waals surface area contributed by atoms with Gasteiger partial charge in [-0.3, -0.25) is 4.79 Å². The maximum absolute atomic E-state index is 10.8. The fourth-order valence-electron chi connectivity index (χ4n) is 2.47. The molecular formula is C18H21NO4. The highest BCUT2D eigenvalue weighted by Gasteiger charge is 2.14. The maximum Gasteiger partial charge on any atom is 0.293 e. The lowest BCUT2D eigenvalue weighted by molar-refractivity contribution is -0.134. The summed E-state index contributed by atoms with van der Waals surface area (Å²) in [7, 11) is 3.21. The molecule has 122 valence electrons. The molecule has 0 aliphatic carbocycles. The van der Waals surface area contributed by atoms with E-state index < -0.39 is 0 Å². The minimum absolute atomic E-state index is 0.330. The molecule has 2 aromatic rings. The Bertz CT molecular complexity index is 657. The van der Waals surface area contributed by atoms with Gasteiger partial charge in [0, 0.05) is 5.69 Å². The molecule has 5 nitrogen and oxygen atoms in total. The first-order valence-corrected chi connectivity index (χ1v) is 7.33. The zero-order chi connectivity index (χ0) is 16.7. The molecule has 2 rings (SSSR count). The zero-order valence-corrected chi connectivity index (χ0v) is 13.3. The Hall–Kier alpha value is -2.69. The topological polar surface area (TPSA) is 70.8 Å². The largest absolute Gasteiger partial charge is 0.493 e. The molecule has 2 N–H and O–H groups in total. The number of aryl methyl sites for hydroxylation is 1. The summed E-state index contributed by atoms with van der Waals surface area (Å²) in [6.07, 6.45) is 1.05. The number of carbonyl (C=O) groups is 1. The number of hydrogen-bond donors (Lipinski definition) is 1. The summed E-state index contributed by atoms with van der Waals surface area (Å²) in [4.78, 5) is 10.8. The Kier molecular flexibility index (Phi) is 5.86. The van der Waals surface area contributed by atoms with Crippen LogP contribution in [0.5, 0.6) is 11.5 Å². The van der Waals surface area contributed by atoms with Crippen molar-refractivity contribution in [1.29, 1.82) is 0 Å². The number of anilines is 1. The quantitative estimate of drug-likeness (QED) is 0.598. The molecule has 1 unspecified atom stereocenters. The summed E-state index contributed by atoms with van der Waals surface area (Å²) in [5, 5.41) is 0. The second kappa shape index (κ2) is 8.08. The van der Waals surface area contributed by atoms with Crippen molar-refractivity contribution in [2.24, 2.45) is 0 Å². The average Bonchev–Trinajstić information content (AvgIpc) is 2.58. The maximum atomic E-state index is 10.8. The molecule has 0 aliphatic heterocycles. The first-order valence-electron chi connectivity index (χ1n) is 7.33. The van der Waals surface area contributed by atoms with Crippen molar-refractivity contribution < 1.29 is 19.0 Å². The summed E-state index contributed by atoms with van der Waals surface area (Å²) in [6, 6.07) is 13.1. The first kappa shape index (κ1) is 16.7. The fraction of sp³-hybridized carbons (Fsp3) is 0.278. The zero-order valence-electron chi connectivity index (χ0n) is 13.3. The van der Waals surface area contributed by atoms with Crippen molar-refractivity contribution in [1.82, 2.24) is 0 Å². The standard InChI is InChI=1S/C18H21NO4/c1-21-17-9-7-13(10-18(17)22-2)6-8-16(23-12-20)14-4-3-5-15(19)11-14/h3-5,7,9-12,16H,6,8,19H2,1-2H3. The monoisotopic (exact) mass is 315 g/mol. The van der Waals surface area contributed by atoms with Crippen molar-refractivity contribution in [3.63, 3.8) is 0 Å². The Morgan fingerprint density at radius 1 is 1.09 bits per heavy atom. The van der Waals surface area contributed by atoms with E-state index in [2.05, 4.69) is 0 Å². The summed E-state index contributed by atoms with van der Waals surface area (Å²) < 4.78 is 15.7. The number of nitrogens with two attached hydrogens (primary N) is 1. The van der Waals surface area contributed by atoms with Gasteiger partial charge in [0.05, 0.1) is 14.2 Å². The molecule has 0 aliphatic rings. The predicted octanol–water partition coefficient (Wildman–Crippen LogP) is 3.13. The first-order chi connectivity index (χ1) is 11.2. The van der Waals surface area contributed by atoms with Gasteiger partial charge in [0.25, 0.3) is 6.47 Å². The van der Waals surface area contributed by atoms with Crippen LogP contribution in [0, 0.1) is 0 Å². The minimum atomic E-state index is -0.330. The van der Waals surface area contributed by atoms with Crippen LogP contribution >= 0.6 is 0 Å². The van der Waals surface area contributed by atoms with Crippen LogP contribution in [0.3, 0.4) is 0 Å². The van der Waals surface area contributed by atoms with Gasteiger partial charge in [-0.05, 0) is 48.2 Å². The Labute approximate surface area is 136 Å². The van der Waals surface area contributed by atoms with Gasteiger partial charge in [-0.15, -0.1) is 0 Å². The number of carbonyl (C=O) groups excluding carboxylic acids is 1. The van der Waals surface area contributed by atoms with E-state index in [4.69, 9.17) is 19.9 Å². The number of methoxy groups -OCH3 is 2. The molecule has 5 heteroatoms. The second-order valence-corrected chi connectivity index (χ2v) is 5.12. The van der Waals surface area contributed by atoms with Crippen LogP contribution in [0.2, 0.25) is 0 Å². The van der Waals surface area contributed by atoms with Crippen LogP contribution in [0.1, 0.15) is 23.7 Å². The van der Waals surface area contributed by atoms with E-state index in [1.807, 2.05) is 36.4 Å². The summed E-state index contributed by atoms with van der Waals surface area (Å²) >= 11 is 0. The number of nitrogen functional groups attached to an aromatic ring is 1. The summed E-state index contributed by atoms with van der Waals surface area (Å²) in [6.45, 7) is 0.475. The summed E-state index contributed by atoms with van der Waals surface area (Å²) in [5.41, 5.74) is 8.40. The SMILES string of the molecule is COc1ccc(CCC(OC=O)c2cccc(N)c2)cc1OC. The van der Waals surface area contributed by atoms with Crippen LogP contribution in [0.15, 0.2) is 42.5 Å². The molecule has 23 heavy (non-hydrogen) atoms. The molecule has 0 spiro atoms. The smallest absolute Gasteiger partial charge is 0.293 e. The molecule has 0 radical (unpaired) electrons. The van der Waals surface area contributed by atoms with Crippen LogP contribution < -0.4 is 15.2 Å². The molecule has 0 saturated heterocycles. The van der Waals surface area contributed by atoms with E-state index >= 15 is 0 Å². The van der Waals surface area contributed by atoms with Crippen LogP contribution in [0.25, 0.3) is 0 Å². The van der Waals surface area contributed by atoms with Gasteiger partial charge in [0.1, 0.15) is 6.10 Å². The molecule has 2 aromatic carbocycles. The highest BCUT2D eigenvalue weighted by atomic mass is 16.5. The molecule has 0 heterocycles. The minimum Gasteiger partial charge on any atom is -0.493 e. The number of hydrogen-bond acceptors (Lipinski definition) is 5. The average molecular weight is 315 g/mol. The normalized spacial score (nSPS) is 11.6. The Morgan fingerprint density at radius 2 is 1.87 bits per heavy atom. The Balaban J connectivity index is 2.11. The van der Waals surface area contributed by atoms with Gasteiger partial charge < -0.3 is 19.9 Å². The number of rotatable bonds is 8. The fourth-order valence-corrected chi connectivity index (χ4v) is 2.47. The summed E-state index contributed by atoms with van der Waals surface area (Å²) in [5.74, 6) is 1.37. The molecule has 0 aromatic heterocycles. The van der Waals surface area contributed by atoms with E-state index in [0.717, 1.165) is 17.5 Å². The van der Waals surface area contributed by atoms with Crippen molar-refractivity contribution in [3.05, 3.63) is 53.6 Å². The van der Waals surface area contributed by atoms with E-state index in [1.54, 1.807) is 20.3 Å². The molecule has 0 bridgehead atoms. The third-order valence-corrected chi connectivity index (χ3v) is 3.65. The van der Waals surface area contributed by atoms with E-state index in [9.17, 15) is 4.79 Å². The molecular weight excluding hydrogens is 294 g/mol. The van der Waals surface area contributed by atoms with Gasteiger partial charge in [-0.25, -0.2) is 0 Å². The predicted molar refractivity (Wildman–Crippen MR) is 88.6 cm³/mol. The highest BCUT2D eigenvalue weighted by Crippen LogP contribution is 2.30. The van der Waals surface area contributed by atoms with Crippen molar-refractivity contribution in [2.75, 3.05) is 20.0 Å². The van der Waals surface area contributed by atoms with Gasteiger partial charge in [-0.1, -0.05) is 18.2 Å². The number of ether oxygens (including phenoxy) is 3. The molecule has 0 amide bonds. The van der Waals surface area contributed by atoms with E-state index in [1.165, 1.54) is 0 Å². The van der Waals surface area contributed by atoms with Gasteiger partial charge in [0.2, 0.25) is 0 Å². The number of benzene rings is 2. The lowest BCUT2D eigenvalue weighted by Crippen LogP contribution is -2.06. The van der Waals surface area contributed by atoms with E-state index in [0.29, 0.717) is 30.1 Å². The van der Waals surface area contributed by atoms with Crippen LogP contribution in [-0.2, 0) is 16.0 Å². The van der Waals surface area contributed by atoms with Gasteiger partial charge in [-0.2, -0.15) is 0 Å². The molecule has 0 fully saturated rings. The molecule has 0 saturated carbocycles. The lowest BCUT2D eigenvalue weighted by atomic mass is 10.0. The van der Waals surface area contributed by atoms with Crippen molar-refractivity contribution in [2.45, 2.75) is 18.9 Å². The molecule has 1 atom stereocenters. The van der Waals surface area contributed by atoms with Crippen molar-refractivity contribution >= 4 is 12.2 Å². The van der Waals surface area contributed by atoms with Crippen LogP contribution in [-0.4, -0.2) is 20.7 Å². The third kappa shape index (κ3) is 4.39. The van der Waals surface area contributed by atoms with E-state index in [-0.39, 0.29) is 6.10 Å². The van der Waals surface area contributed by atoms with Gasteiger partial charge in [0.15, 0.2) is 11.5 Å². The van der Waals surface area contributed by atoms with Gasteiger partial charge >= 0.3 is 0 Å². The lowest BCUT2D eigenvalue weighted by Gasteiger charge is -2.16. The van der Waals surface area contributed by atoms with Crippen LogP contribution in [0.4, 0.5) is 5.69 Å². The second-order valence-electron chi connectivity index (χ2n) is 5.12. The van der Waals surface area contributed by atoms with Crippen molar-refractivity contribution in [3.8, 4) is 11.5 Å². The third-order valence-electron chi connectivity index (χ3n) is 3.65. The highest BCUT2D eigenvalue weighted by molar-refractivity contribution is 5.45.